The maximum atomic E-state index is 13.3. The van der Waals surface area contributed by atoms with Crippen molar-refractivity contribution in [3.05, 3.63) is 70.0 Å². The van der Waals surface area contributed by atoms with Crippen LogP contribution in [0.2, 0.25) is 5.02 Å². The van der Waals surface area contributed by atoms with E-state index < -0.39 is 0 Å². The fourth-order valence-electron chi connectivity index (χ4n) is 7.42. The number of urea groups is 1. The molecule has 4 bridgehead atoms. The number of aromatic nitrogens is 3. The van der Waals surface area contributed by atoms with E-state index in [9.17, 15) is 4.79 Å². The molecule has 0 saturated heterocycles. The largest absolute Gasteiger partial charge is 0.333 e. The first kappa shape index (κ1) is 25.8. The Kier molecular flexibility index (Phi) is 6.93. The van der Waals surface area contributed by atoms with Gasteiger partial charge in [-0.05, 0) is 106 Å². The lowest BCUT2D eigenvalue weighted by molar-refractivity contribution is -0.0136. The van der Waals surface area contributed by atoms with Crippen molar-refractivity contribution in [1.82, 2.24) is 25.4 Å². The molecule has 2 amide bonds. The number of aryl methyl sites for hydroxylation is 2. The SMILES string of the molecule is Cc1ccccc1CSc1nnc(C(C)NC(=O)NC23CC4CC(CC(C4)C2)C3)n1-c1cc(Cl)ccc1C. The van der Waals surface area contributed by atoms with Gasteiger partial charge in [-0.2, -0.15) is 0 Å². The third-order valence-electron chi connectivity index (χ3n) is 8.84. The highest BCUT2D eigenvalue weighted by Gasteiger charge is 2.51. The van der Waals surface area contributed by atoms with Crippen molar-refractivity contribution < 1.29 is 4.79 Å². The van der Waals surface area contributed by atoms with Crippen molar-refractivity contribution in [2.75, 3.05) is 0 Å². The quantitative estimate of drug-likeness (QED) is 0.307. The van der Waals surface area contributed by atoms with Crippen molar-refractivity contribution in [2.24, 2.45) is 17.8 Å². The number of carbonyl (C=O) groups is 1. The van der Waals surface area contributed by atoms with E-state index in [1.54, 1.807) is 11.8 Å². The molecule has 200 valence electrons. The maximum Gasteiger partial charge on any atom is 0.315 e. The molecule has 1 aromatic heterocycles. The zero-order valence-electron chi connectivity index (χ0n) is 22.3. The summed E-state index contributed by atoms with van der Waals surface area (Å²) in [5.41, 5.74) is 4.47. The number of hydrogen-bond donors (Lipinski definition) is 2. The second-order valence-electron chi connectivity index (χ2n) is 11.8. The smallest absolute Gasteiger partial charge is 0.315 e. The van der Waals surface area contributed by atoms with Crippen molar-refractivity contribution in [3.8, 4) is 5.69 Å². The molecular weight excluding hydrogens is 514 g/mol. The molecule has 2 N–H and O–H groups in total. The summed E-state index contributed by atoms with van der Waals surface area (Å²) in [6, 6.07) is 13.8. The molecule has 7 rings (SSSR count). The van der Waals surface area contributed by atoms with Crippen LogP contribution >= 0.6 is 23.4 Å². The highest BCUT2D eigenvalue weighted by atomic mass is 35.5. The molecule has 0 radical (unpaired) electrons. The highest BCUT2D eigenvalue weighted by molar-refractivity contribution is 7.98. The van der Waals surface area contributed by atoms with E-state index in [4.69, 9.17) is 11.6 Å². The molecule has 1 unspecified atom stereocenters. The molecule has 1 atom stereocenters. The fourth-order valence-corrected chi connectivity index (χ4v) is 8.62. The predicted octanol–water partition coefficient (Wildman–Crippen LogP) is 7.16. The van der Waals surface area contributed by atoms with Crippen LogP contribution in [-0.2, 0) is 5.75 Å². The molecule has 4 fully saturated rings. The Balaban J connectivity index is 1.24. The van der Waals surface area contributed by atoms with Gasteiger partial charge in [0.15, 0.2) is 11.0 Å². The molecule has 0 aliphatic heterocycles. The summed E-state index contributed by atoms with van der Waals surface area (Å²) in [5, 5.41) is 17.2. The lowest BCUT2D eigenvalue weighted by Crippen LogP contribution is -2.61. The molecule has 4 aliphatic carbocycles. The van der Waals surface area contributed by atoms with Gasteiger partial charge in [0, 0.05) is 16.3 Å². The van der Waals surface area contributed by atoms with Gasteiger partial charge in [0.2, 0.25) is 0 Å². The van der Waals surface area contributed by atoms with Crippen LogP contribution in [0.3, 0.4) is 0 Å². The number of benzene rings is 2. The minimum atomic E-state index is -0.331. The summed E-state index contributed by atoms with van der Waals surface area (Å²) in [5.74, 6) is 3.81. The summed E-state index contributed by atoms with van der Waals surface area (Å²) >= 11 is 8.07. The summed E-state index contributed by atoms with van der Waals surface area (Å²) in [4.78, 5) is 13.3. The van der Waals surface area contributed by atoms with Gasteiger partial charge in [0.25, 0.3) is 0 Å². The first-order valence-electron chi connectivity index (χ1n) is 13.8. The Morgan fingerprint density at radius 2 is 1.74 bits per heavy atom. The number of rotatable bonds is 7. The minimum Gasteiger partial charge on any atom is -0.333 e. The van der Waals surface area contributed by atoms with Crippen molar-refractivity contribution in [1.29, 1.82) is 0 Å². The van der Waals surface area contributed by atoms with Gasteiger partial charge in [-0.15, -0.1) is 10.2 Å². The number of halogens is 1. The normalized spacial score (nSPS) is 26.4. The fraction of sp³-hybridized carbons (Fsp3) is 0.500. The lowest BCUT2D eigenvalue weighted by Gasteiger charge is -2.56. The van der Waals surface area contributed by atoms with Crippen LogP contribution in [0.4, 0.5) is 4.79 Å². The summed E-state index contributed by atoms with van der Waals surface area (Å²) in [6.07, 6.45) is 7.42. The molecule has 38 heavy (non-hydrogen) atoms. The van der Waals surface area contributed by atoms with Gasteiger partial charge in [0.1, 0.15) is 0 Å². The standard InChI is InChI=1S/C30H36ClN5OS/c1-18-6-4-5-7-24(18)17-38-29-35-34-27(36(29)26-13-25(31)9-8-19(26)2)20(3)32-28(37)33-30-14-21-10-22(15-30)12-23(11-21)16-30/h4-9,13,20-23H,10-12,14-17H2,1-3H3,(H2,32,33,37). The van der Waals surface area contributed by atoms with Gasteiger partial charge in [-0.3, -0.25) is 4.57 Å². The third-order valence-corrected chi connectivity index (χ3v) is 10.1. The van der Waals surface area contributed by atoms with E-state index in [1.807, 2.05) is 25.1 Å². The molecule has 6 nitrogen and oxygen atoms in total. The van der Waals surface area contributed by atoms with Gasteiger partial charge in [0.05, 0.1) is 11.7 Å². The van der Waals surface area contributed by atoms with E-state index in [-0.39, 0.29) is 17.6 Å². The topological polar surface area (TPSA) is 71.8 Å². The predicted molar refractivity (Wildman–Crippen MR) is 153 cm³/mol. The Hall–Kier alpha value is -2.51. The molecule has 2 aromatic carbocycles. The monoisotopic (exact) mass is 549 g/mol. The van der Waals surface area contributed by atoms with Crippen LogP contribution in [0.15, 0.2) is 47.6 Å². The molecule has 8 heteroatoms. The molecule has 1 heterocycles. The van der Waals surface area contributed by atoms with Crippen LogP contribution in [0.5, 0.6) is 0 Å². The number of nitrogens with one attached hydrogen (secondary N) is 2. The number of thioether (sulfide) groups is 1. The Labute approximate surface area is 234 Å². The van der Waals surface area contributed by atoms with E-state index in [2.05, 4.69) is 63.5 Å². The van der Waals surface area contributed by atoms with Gasteiger partial charge in [-0.1, -0.05) is 53.7 Å². The Morgan fingerprint density at radius 3 is 2.42 bits per heavy atom. The molecular formula is C30H36ClN5OS. The molecule has 4 saturated carbocycles. The van der Waals surface area contributed by atoms with Gasteiger partial charge >= 0.3 is 6.03 Å². The summed E-state index contributed by atoms with van der Waals surface area (Å²) in [6.45, 7) is 6.17. The number of hydrogen-bond acceptors (Lipinski definition) is 4. The molecule has 3 aromatic rings. The van der Waals surface area contributed by atoms with Crippen LogP contribution in [0, 0.1) is 31.6 Å². The lowest BCUT2D eigenvalue weighted by atomic mass is 9.53. The highest BCUT2D eigenvalue weighted by Crippen LogP contribution is 2.55. The zero-order valence-corrected chi connectivity index (χ0v) is 23.9. The van der Waals surface area contributed by atoms with Crippen molar-refractivity contribution in [3.63, 3.8) is 0 Å². The van der Waals surface area contributed by atoms with E-state index in [0.29, 0.717) is 10.8 Å². The molecule has 4 aliphatic rings. The second-order valence-corrected chi connectivity index (χ2v) is 13.2. The number of carbonyl (C=O) groups excluding carboxylic acids is 1. The average molecular weight is 550 g/mol. The van der Waals surface area contributed by atoms with Crippen LogP contribution < -0.4 is 10.6 Å². The summed E-state index contributed by atoms with van der Waals surface area (Å²) in [7, 11) is 0. The first-order chi connectivity index (χ1) is 18.3. The van der Waals surface area contributed by atoms with Gasteiger partial charge in [-0.25, -0.2) is 4.79 Å². The summed E-state index contributed by atoms with van der Waals surface area (Å²) < 4.78 is 2.06. The number of amides is 2. The van der Waals surface area contributed by atoms with Crippen molar-refractivity contribution in [2.45, 2.75) is 81.8 Å². The van der Waals surface area contributed by atoms with E-state index in [1.165, 1.54) is 30.4 Å². The third kappa shape index (κ3) is 5.07. The van der Waals surface area contributed by atoms with Crippen LogP contribution in [0.25, 0.3) is 5.69 Å². The second kappa shape index (κ2) is 10.2. The van der Waals surface area contributed by atoms with Crippen LogP contribution in [-0.4, -0.2) is 26.3 Å². The Morgan fingerprint density at radius 1 is 1.05 bits per heavy atom. The number of nitrogens with zero attached hydrogens (tertiary/aromatic N) is 3. The zero-order chi connectivity index (χ0) is 26.4. The van der Waals surface area contributed by atoms with E-state index >= 15 is 0 Å². The van der Waals surface area contributed by atoms with Gasteiger partial charge < -0.3 is 10.6 Å². The Bertz CT molecular complexity index is 1320. The van der Waals surface area contributed by atoms with E-state index in [0.717, 1.165) is 59.2 Å². The minimum absolute atomic E-state index is 0.0374. The average Bonchev–Trinajstić information content (AvgIpc) is 3.27. The van der Waals surface area contributed by atoms with Crippen LogP contribution in [0.1, 0.15) is 74.0 Å². The molecule has 0 spiro atoms. The van der Waals surface area contributed by atoms with Crippen molar-refractivity contribution >= 4 is 29.4 Å². The maximum absolute atomic E-state index is 13.3. The first-order valence-corrected chi connectivity index (χ1v) is 15.1.